The third-order valence-electron chi connectivity index (χ3n) is 3.65. The molecule has 8 heteroatoms. The molecule has 1 saturated heterocycles. The van der Waals surface area contributed by atoms with Crippen LogP contribution in [0.15, 0.2) is 46.7 Å². The van der Waals surface area contributed by atoms with E-state index >= 15 is 0 Å². The molecule has 1 fully saturated rings. The number of nitrogens with zero attached hydrogens (tertiary/aromatic N) is 3. The van der Waals surface area contributed by atoms with Crippen LogP contribution in [-0.2, 0) is 4.79 Å². The number of hydrogen-bond acceptors (Lipinski definition) is 7. The monoisotopic (exact) mass is 389 g/mol. The molecule has 1 aliphatic heterocycles. The average molecular weight is 390 g/mol. The maximum atomic E-state index is 12.6. The van der Waals surface area contributed by atoms with Crippen LogP contribution in [-0.4, -0.2) is 53.0 Å². The molecule has 0 atom stereocenters. The van der Waals surface area contributed by atoms with Crippen molar-refractivity contribution in [3.63, 3.8) is 0 Å². The van der Waals surface area contributed by atoms with Gasteiger partial charge in [0.25, 0.3) is 5.91 Å². The summed E-state index contributed by atoms with van der Waals surface area (Å²) < 4.78 is 10.9. The van der Waals surface area contributed by atoms with Gasteiger partial charge in [0.05, 0.1) is 17.7 Å². The minimum Gasteiger partial charge on any atom is -0.484 e. The fourth-order valence-electron chi connectivity index (χ4n) is 2.39. The predicted octanol–water partition coefficient (Wildman–Crippen LogP) is 3.16. The first kappa shape index (κ1) is 18.6. The van der Waals surface area contributed by atoms with Gasteiger partial charge < -0.3 is 14.4 Å². The number of aromatic nitrogens is 2. The van der Waals surface area contributed by atoms with Crippen molar-refractivity contribution < 1.29 is 14.3 Å². The van der Waals surface area contributed by atoms with E-state index in [1.54, 1.807) is 30.0 Å². The van der Waals surface area contributed by atoms with E-state index in [9.17, 15) is 4.79 Å². The number of methoxy groups -OCH3 is 1. The lowest BCUT2D eigenvalue weighted by Crippen LogP contribution is -2.31. The van der Waals surface area contributed by atoms with E-state index in [0.717, 1.165) is 16.3 Å². The molecule has 26 heavy (non-hydrogen) atoms. The number of benzene rings is 1. The second-order valence-corrected chi connectivity index (χ2v) is 7.19. The lowest BCUT2D eigenvalue weighted by molar-refractivity contribution is -0.130. The molecule has 1 aromatic heterocycles. The molecule has 0 spiro atoms. The van der Waals surface area contributed by atoms with Crippen LogP contribution >= 0.6 is 23.5 Å². The Kier molecular flexibility index (Phi) is 6.40. The zero-order chi connectivity index (χ0) is 18.4. The smallest absolute Gasteiger partial charge is 0.265 e. The number of rotatable bonds is 6. The van der Waals surface area contributed by atoms with Crippen LogP contribution < -0.4 is 9.47 Å². The lowest BCUT2D eigenvalue weighted by Gasteiger charge is -2.17. The van der Waals surface area contributed by atoms with Gasteiger partial charge in [0, 0.05) is 18.5 Å². The second kappa shape index (κ2) is 8.95. The Bertz CT molecular complexity index is 800. The van der Waals surface area contributed by atoms with Gasteiger partial charge in [-0.1, -0.05) is 30.0 Å². The van der Waals surface area contributed by atoms with Crippen molar-refractivity contribution in [3.8, 4) is 11.6 Å². The number of para-hydroxylation sites is 1. The highest BCUT2D eigenvalue weighted by molar-refractivity contribution is 8.03. The molecule has 0 aliphatic carbocycles. The van der Waals surface area contributed by atoms with Crippen LogP contribution in [0.2, 0.25) is 0 Å². The second-order valence-electron chi connectivity index (χ2n) is 5.30. The van der Waals surface area contributed by atoms with E-state index < -0.39 is 0 Å². The van der Waals surface area contributed by atoms with Crippen LogP contribution in [0.1, 0.15) is 5.56 Å². The molecule has 0 radical (unpaired) electrons. The van der Waals surface area contributed by atoms with Crippen molar-refractivity contribution in [2.75, 3.05) is 32.3 Å². The van der Waals surface area contributed by atoms with E-state index in [0.29, 0.717) is 23.3 Å². The lowest BCUT2D eigenvalue weighted by atomic mass is 10.3. The fourth-order valence-corrected chi connectivity index (χ4v) is 3.77. The summed E-state index contributed by atoms with van der Waals surface area (Å²) in [5.41, 5.74) is 0.747. The van der Waals surface area contributed by atoms with Gasteiger partial charge in [-0.25, -0.2) is 4.98 Å². The van der Waals surface area contributed by atoms with Crippen molar-refractivity contribution >= 4 is 35.5 Å². The quantitative estimate of drug-likeness (QED) is 0.555. The maximum absolute atomic E-state index is 12.6. The molecule has 1 aromatic carbocycles. The zero-order valence-corrected chi connectivity index (χ0v) is 16.2. The van der Waals surface area contributed by atoms with Gasteiger partial charge in [-0.05, 0) is 24.5 Å². The molecular formula is C18H19N3O3S2. The van der Waals surface area contributed by atoms with E-state index in [2.05, 4.69) is 9.97 Å². The van der Waals surface area contributed by atoms with Crippen molar-refractivity contribution in [2.45, 2.75) is 5.16 Å². The van der Waals surface area contributed by atoms with Crippen LogP contribution in [0.5, 0.6) is 11.6 Å². The number of carbonyl (C=O) groups excluding carboxylic acids is 1. The minimum atomic E-state index is -0.0780. The highest BCUT2D eigenvalue weighted by atomic mass is 32.2. The molecule has 2 heterocycles. The van der Waals surface area contributed by atoms with Crippen molar-refractivity contribution in [1.29, 1.82) is 0 Å². The maximum Gasteiger partial charge on any atom is 0.265 e. The zero-order valence-electron chi connectivity index (χ0n) is 14.5. The predicted molar refractivity (Wildman–Crippen MR) is 104 cm³/mol. The Morgan fingerprint density at radius 2 is 2.19 bits per heavy atom. The summed E-state index contributed by atoms with van der Waals surface area (Å²) in [5, 5.41) is 1.50. The van der Waals surface area contributed by atoms with Gasteiger partial charge in [-0.2, -0.15) is 4.98 Å². The minimum absolute atomic E-state index is 0.000953. The molecule has 136 valence electrons. The fraction of sp³-hybridized carbons (Fsp3) is 0.278. The third kappa shape index (κ3) is 4.50. The Morgan fingerprint density at radius 3 is 2.92 bits per heavy atom. The van der Waals surface area contributed by atoms with Crippen LogP contribution in [0.3, 0.4) is 0 Å². The number of ether oxygens (including phenoxy) is 2. The molecule has 6 nitrogen and oxygen atoms in total. The number of carbonyl (C=O) groups is 1. The molecule has 0 unspecified atom stereocenters. The van der Waals surface area contributed by atoms with Gasteiger partial charge in [0.1, 0.15) is 5.75 Å². The molecule has 1 amide bonds. The van der Waals surface area contributed by atoms with Crippen LogP contribution in [0.25, 0.3) is 6.08 Å². The van der Waals surface area contributed by atoms with Crippen molar-refractivity contribution in [2.24, 2.45) is 0 Å². The van der Waals surface area contributed by atoms with Crippen molar-refractivity contribution in [3.05, 3.63) is 47.1 Å². The summed E-state index contributed by atoms with van der Waals surface area (Å²) in [6.07, 6.45) is 5.51. The summed E-state index contributed by atoms with van der Waals surface area (Å²) in [5.74, 6) is 1.94. The highest BCUT2D eigenvalue weighted by Gasteiger charge is 2.25. The van der Waals surface area contributed by atoms with Crippen LogP contribution in [0, 0.1) is 0 Å². The largest absolute Gasteiger partial charge is 0.484 e. The Balaban J connectivity index is 1.73. The van der Waals surface area contributed by atoms with E-state index in [-0.39, 0.29) is 12.5 Å². The standard InChI is InChI=1S/C18H19N3O3S2/c1-23-17-13(11-19-18(20-17)25-2)10-16-21(8-9-26-16)15(22)12-24-14-6-4-3-5-7-14/h3-7,10-11H,8-9,12H2,1-2H3/b16-10+. The first-order valence-electron chi connectivity index (χ1n) is 7.99. The van der Waals surface area contributed by atoms with Gasteiger partial charge in [-0.3, -0.25) is 4.79 Å². The summed E-state index contributed by atoms with van der Waals surface area (Å²) in [6, 6.07) is 9.32. The topological polar surface area (TPSA) is 64.6 Å². The summed E-state index contributed by atoms with van der Waals surface area (Å²) in [7, 11) is 1.58. The number of thioether (sulfide) groups is 2. The van der Waals surface area contributed by atoms with Gasteiger partial charge in [0.2, 0.25) is 5.88 Å². The van der Waals surface area contributed by atoms with Crippen molar-refractivity contribution in [1.82, 2.24) is 14.9 Å². The first-order chi connectivity index (χ1) is 12.7. The molecule has 2 aromatic rings. The van der Waals surface area contributed by atoms with Gasteiger partial charge in [0.15, 0.2) is 11.8 Å². The number of amides is 1. The van der Waals surface area contributed by atoms with Crippen LogP contribution in [0.4, 0.5) is 0 Å². The molecule has 0 bridgehead atoms. The third-order valence-corrected chi connectivity index (χ3v) is 5.23. The molecular weight excluding hydrogens is 370 g/mol. The summed E-state index contributed by atoms with van der Waals surface area (Å²) in [4.78, 5) is 22.9. The Hall–Kier alpha value is -2.19. The molecule has 0 N–H and O–H groups in total. The van der Waals surface area contributed by atoms with E-state index in [4.69, 9.17) is 9.47 Å². The summed E-state index contributed by atoms with van der Waals surface area (Å²) >= 11 is 3.07. The normalized spacial score (nSPS) is 15.3. The molecule has 0 saturated carbocycles. The first-order valence-corrected chi connectivity index (χ1v) is 10.2. The SMILES string of the molecule is COc1nc(SC)ncc1/C=C1/SCCN1C(=O)COc1ccccc1. The molecule has 3 rings (SSSR count). The Morgan fingerprint density at radius 1 is 1.38 bits per heavy atom. The van der Waals surface area contributed by atoms with E-state index in [1.807, 2.05) is 42.7 Å². The van der Waals surface area contributed by atoms with Gasteiger partial charge in [-0.15, -0.1) is 11.8 Å². The highest BCUT2D eigenvalue weighted by Crippen LogP contribution is 2.32. The van der Waals surface area contributed by atoms with E-state index in [1.165, 1.54) is 11.8 Å². The Labute approximate surface area is 161 Å². The summed E-state index contributed by atoms with van der Waals surface area (Å²) in [6.45, 7) is 0.653. The molecule has 1 aliphatic rings. The van der Waals surface area contributed by atoms with Gasteiger partial charge >= 0.3 is 0 Å². The average Bonchev–Trinajstić information content (AvgIpc) is 3.15. The number of hydrogen-bond donors (Lipinski definition) is 0.